The molecule has 0 saturated carbocycles. The van der Waals surface area contributed by atoms with Crippen LogP contribution in [0.1, 0.15) is 5.56 Å². The zero-order chi connectivity index (χ0) is 9.68. The Bertz CT molecular complexity index is 284. The summed E-state index contributed by atoms with van der Waals surface area (Å²) in [5.41, 5.74) is 7.19. The van der Waals surface area contributed by atoms with Gasteiger partial charge in [0, 0.05) is 12.2 Å². The lowest BCUT2D eigenvalue weighted by atomic mass is 10.2. The molecule has 4 heteroatoms. The molecule has 0 aliphatic rings. The summed E-state index contributed by atoms with van der Waals surface area (Å²) in [6, 6.07) is 7.33. The molecule has 3 nitrogen and oxygen atoms in total. The smallest absolute Gasteiger partial charge is 0.239 e. The van der Waals surface area contributed by atoms with Crippen molar-refractivity contribution in [3.8, 4) is 0 Å². The first-order valence-electron chi connectivity index (χ1n) is 3.91. The van der Waals surface area contributed by atoms with Crippen molar-refractivity contribution in [3.05, 3.63) is 29.8 Å². The molecular formula is C9H11ClN2O. The first-order valence-corrected chi connectivity index (χ1v) is 4.44. The third-order valence-electron chi connectivity index (χ3n) is 1.59. The molecule has 0 radical (unpaired) electrons. The minimum absolute atomic E-state index is 0.0291. The van der Waals surface area contributed by atoms with E-state index in [2.05, 4.69) is 5.32 Å². The maximum absolute atomic E-state index is 10.9. The van der Waals surface area contributed by atoms with Gasteiger partial charge in [0.2, 0.25) is 5.91 Å². The number of carbonyl (C=O) groups excluding carboxylic acids is 1. The third kappa shape index (κ3) is 3.05. The molecule has 70 valence electrons. The van der Waals surface area contributed by atoms with Crippen LogP contribution in [-0.4, -0.2) is 11.8 Å². The normalized spacial score (nSPS) is 9.69. The Morgan fingerprint density at radius 1 is 1.38 bits per heavy atom. The minimum Gasteiger partial charge on any atom is -0.326 e. The molecule has 0 aliphatic heterocycles. The van der Waals surface area contributed by atoms with Crippen LogP contribution in [0, 0.1) is 0 Å². The number of alkyl halides is 1. The fourth-order valence-corrected chi connectivity index (χ4v) is 0.985. The van der Waals surface area contributed by atoms with Crippen LogP contribution in [0.4, 0.5) is 5.69 Å². The number of halogens is 1. The Morgan fingerprint density at radius 3 is 2.46 bits per heavy atom. The summed E-state index contributed by atoms with van der Waals surface area (Å²) in [5, 5.41) is 2.63. The lowest BCUT2D eigenvalue weighted by Gasteiger charge is -2.03. The van der Waals surface area contributed by atoms with E-state index in [1.807, 2.05) is 12.1 Å². The molecule has 3 N–H and O–H groups in total. The van der Waals surface area contributed by atoms with Crippen LogP contribution in [0.2, 0.25) is 0 Å². The van der Waals surface area contributed by atoms with Gasteiger partial charge < -0.3 is 11.1 Å². The largest absolute Gasteiger partial charge is 0.326 e. The standard InChI is InChI=1S/C9H11ClN2O/c10-5-9(13)12-8-3-1-7(6-11)2-4-8/h1-4H,5-6,11H2,(H,12,13). The number of carbonyl (C=O) groups is 1. The number of hydrogen-bond acceptors (Lipinski definition) is 2. The van der Waals surface area contributed by atoms with Gasteiger partial charge in [0.25, 0.3) is 0 Å². The van der Waals surface area contributed by atoms with Crippen molar-refractivity contribution in [2.75, 3.05) is 11.2 Å². The Morgan fingerprint density at radius 2 is 2.00 bits per heavy atom. The number of hydrogen-bond donors (Lipinski definition) is 2. The maximum atomic E-state index is 10.9. The van der Waals surface area contributed by atoms with Crippen molar-refractivity contribution >= 4 is 23.2 Å². The van der Waals surface area contributed by atoms with E-state index in [-0.39, 0.29) is 11.8 Å². The van der Waals surface area contributed by atoms with Gasteiger partial charge in [-0.15, -0.1) is 11.6 Å². The molecule has 0 heterocycles. The summed E-state index contributed by atoms with van der Waals surface area (Å²) in [6.45, 7) is 0.504. The second-order valence-electron chi connectivity index (χ2n) is 2.58. The summed E-state index contributed by atoms with van der Waals surface area (Å²) in [6.07, 6.45) is 0. The second-order valence-corrected chi connectivity index (χ2v) is 2.85. The van der Waals surface area contributed by atoms with Gasteiger partial charge in [0.05, 0.1) is 0 Å². The Balaban J connectivity index is 2.64. The SMILES string of the molecule is NCc1ccc(NC(=O)CCl)cc1. The molecule has 1 amide bonds. The monoisotopic (exact) mass is 198 g/mol. The molecule has 1 rings (SSSR count). The van der Waals surface area contributed by atoms with Gasteiger partial charge in [-0.3, -0.25) is 4.79 Å². The maximum Gasteiger partial charge on any atom is 0.239 e. The molecule has 0 saturated heterocycles. The number of rotatable bonds is 3. The van der Waals surface area contributed by atoms with Gasteiger partial charge in [-0.25, -0.2) is 0 Å². The summed E-state index contributed by atoms with van der Waals surface area (Å²) in [4.78, 5) is 10.9. The lowest BCUT2D eigenvalue weighted by molar-refractivity contribution is -0.113. The zero-order valence-corrected chi connectivity index (χ0v) is 7.84. The van der Waals surface area contributed by atoms with E-state index < -0.39 is 0 Å². The molecule has 0 bridgehead atoms. The third-order valence-corrected chi connectivity index (χ3v) is 1.84. The number of amides is 1. The highest BCUT2D eigenvalue weighted by Crippen LogP contribution is 2.08. The van der Waals surface area contributed by atoms with Gasteiger partial charge in [0.1, 0.15) is 5.88 Å². The average Bonchev–Trinajstić information content (AvgIpc) is 2.19. The molecule has 0 unspecified atom stereocenters. The van der Waals surface area contributed by atoms with Crippen LogP contribution in [0.3, 0.4) is 0 Å². The molecule has 0 fully saturated rings. The topological polar surface area (TPSA) is 55.1 Å². The van der Waals surface area contributed by atoms with E-state index in [0.717, 1.165) is 11.3 Å². The van der Waals surface area contributed by atoms with Crippen molar-refractivity contribution in [1.29, 1.82) is 0 Å². The summed E-state index contributed by atoms with van der Waals surface area (Å²) < 4.78 is 0. The van der Waals surface area contributed by atoms with E-state index in [1.54, 1.807) is 12.1 Å². The van der Waals surface area contributed by atoms with Crippen LogP contribution < -0.4 is 11.1 Å². The van der Waals surface area contributed by atoms with Gasteiger partial charge in [-0.2, -0.15) is 0 Å². The zero-order valence-electron chi connectivity index (χ0n) is 7.09. The molecule has 0 atom stereocenters. The van der Waals surface area contributed by atoms with Crippen molar-refractivity contribution < 1.29 is 4.79 Å². The van der Waals surface area contributed by atoms with E-state index in [0.29, 0.717) is 6.54 Å². The minimum atomic E-state index is -0.206. The fourth-order valence-electron chi connectivity index (χ4n) is 0.919. The van der Waals surface area contributed by atoms with Crippen molar-refractivity contribution in [2.24, 2.45) is 5.73 Å². The molecule has 13 heavy (non-hydrogen) atoms. The first kappa shape index (κ1) is 10.0. The van der Waals surface area contributed by atoms with Gasteiger partial charge in [-0.1, -0.05) is 12.1 Å². The predicted molar refractivity (Wildman–Crippen MR) is 53.7 cm³/mol. The Hall–Kier alpha value is -1.06. The highest BCUT2D eigenvalue weighted by molar-refractivity contribution is 6.29. The van der Waals surface area contributed by atoms with Crippen LogP contribution in [0.5, 0.6) is 0 Å². The molecule has 0 spiro atoms. The highest BCUT2D eigenvalue weighted by Gasteiger charge is 1.98. The van der Waals surface area contributed by atoms with Crippen molar-refractivity contribution in [1.82, 2.24) is 0 Å². The summed E-state index contributed by atoms with van der Waals surface area (Å²) >= 11 is 5.33. The van der Waals surface area contributed by atoms with Gasteiger partial charge >= 0.3 is 0 Å². The van der Waals surface area contributed by atoms with Crippen LogP contribution in [0.25, 0.3) is 0 Å². The molecular weight excluding hydrogens is 188 g/mol. The molecule has 1 aromatic rings. The van der Waals surface area contributed by atoms with E-state index in [9.17, 15) is 4.79 Å². The van der Waals surface area contributed by atoms with E-state index >= 15 is 0 Å². The Kier molecular flexibility index (Phi) is 3.73. The quantitative estimate of drug-likeness (QED) is 0.720. The van der Waals surface area contributed by atoms with E-state index in [1.165, 1.54) is 0 Å². The molecule has 0 aromatic heterocycles. The molecule has 0 aliphatic carbocycles. The number of benzene rings is 1. The fraction of sp³-hybridized carbons (Fsp3) is 0.222. The average molecular weight is 199 g/mol. The van der Waals surface area contributed by atoms with Gasteiger partial charge in [0.15, 0.2) is 0 Å². The van der Waals surface area contributed by atoms with Crippen LogP contribution in [0.15, 0.2) is 24.3 Å². The van der Waals surface area contributed by atoms with Crippen LogP contribution in [-0.2, 0) is 11.3 Å². The van der Waals surface area contributed by atoms with Crippen LogP contribution >= 0.6 is 11.6 Å². The summed E-state index contributed by atoms with van der Waals surface area (Å²) in [5.74, 6) is -0.235. The first-order chi connectivity index (χ1) is 6.26. The Labute approximate surface area is 81.9 Å². The predicted octanol–water partition coefficient (Wildman–Crippen LogP) is 1.32. The van der Waals surface area contributed by atoms with Gasteiger partial charge in [-0.05, 0) is 17.7 Å². The second kappa shape index (κ2) is 4.84. The lowest BCUT2D eigenvalue weighted by Crippen LogP contribution is -2.12. The highest BCUT2D eigenvalue weighted by atomic mass is 35.5. The number of anilines is 1. The summed E-state index contributed by atoms with van der Waals surface area (Å²) in [7, 11) is 0. The van der Waals surface area contributed by atoms with Crippen molar-refractivity contribution in [3.63, 3.8) is 0 Å². The number of nitrogens with one attached hydrogen (secondary N) is 1. The molecule has 1 aromatic carbocycles. The van der Waals surface area contributed by atoms with E-state index in [4.69, 9.17) is 17.3 Å². The van der Waals surface area contributed by atoms with Crippen molar-refractivity contribution in [2.45, 2.75) is 6.54 Å². The number of nitrogens with two attached hydrogens (primary N) is 1.